The topological polar surface area (TPSA) is 150 Å². The van der Waals surface area contributed by atoms with Gasteiger partial charge < -0.3 is 33.2 Å². The molecule has 0 aliphatic rings. The molecule has 0 bridgehead atoms. The maximum Gasteiger partial charge on any atom is 0.343 e. The summed E-state index contributed by atoms with van der Waals surface area (Å²) in [6, 6.07) is 24.7. The highest BCUT2D eigenvalue weighted by Crippen LogP contribution is 2.22. The Hall–Kier alpha value is -6.69. The maximum atomic E-state index is 12.7. The van der Waals surface area contributed by atoms with Gasteiger partial charge in [0.05, 0.1) is 43.1 Å². The minimum Gasteiger partial charge on any atom is -0.494 e. The van der Waals surface area contributed by atoms with Crippen molar-refractivity contribution in [3.05, 3.63) is 139 Å². The number of esters is 5. The summed E-state index contributed by atoms with van der Waals surface area (Å²) in [5.74, 6) is -0.957. The normalized spacial score (nSPS) is 10.2. The van der Waals surface area contributed by atoms with Crippen LogP contribution < -0.4 is 23.7 Å². The predicted octanol–water partition coefficient (Wildman–Crippen LogP) is 6.73. The second-order valence-electron chi connectivity index (χ2n) is 10.7. The van der Waals surface area contributed by atoms with Crippen molar-refractivity contribution in [1.29, 1.82) is 0 Å². The second kappa shape index (κ2) is 20.1. The van der Waals surface area contributed by atoms with E-state index < -0.39 is 29.8 Å². The van der Waals surface area contributed by atoms with E-state index in [1.807, 2.05) is 0 Å². The molecule has 0 saturated heterocycles. The van der Waals surface area contributed by atoms with Gasteiger partial charge in [-0.15, -0.1) is 0 Å². The molecule has 0 aliphatic carbocycles. The summed E-state index contributed by atoms with van der Waals surface area (Å²) in [7, 11) is 0. The van der Waals surface area contributed by atoms with Gasteiger partial charge in [0.15, 0.2) is 0 Å². The predicted molar refractivity (Wildman–Crippen MR) is 188 cm³/mol. The van der Waals surface area contributed by atoms with Gasteiger partial charge >= 0.3 is 29.8 Å². The highest BCUT2D eigenvalue weighted by atomic mass is 16.6. The molecule has 0 atom stereocenters. The highest BCUT2D eigenvalue weighted by molar-refractivity contribution is 5.93. The lowest BCUT2D eigenvalue weighted by molar-refractivity contribution is -0.138. The fourth-order valence-corrected chi connectivity index (χ4v) is 4.21. The zero-order chi connectivity index (χ0) is 37.1. The number of hydrogen-bond donors (Lipinski definition) is 0. The number of benzene rings is 4. The monoisotopic (exact) mass is 708 g/mol. The van der Waals surface area contributed by atoms with Crippen LogP contribution in [0.1, 0.15) is 50.3 Å². The van der Waals surface area contributed by atoms with Gasteiger partial charge in [-0.2, -0.15) is 0 Å². The molecular weight excluding hydrogens is 672 g/mol. The molecule has 0 aromatic heterocycles. The summed E-state index contributed by atoms with van der Waals surface area (Å²) in [6.07, 6.45) is 4.02. The minimum absolute atomic E-state index is 0.205. The van der Waals surface area contributed by atoms with Crippen LogP contribution in [0.25, 0.3) is 0 Å². The molecule has 12 nitrogen and oxygen atoms in total. The summed E-state index contributed by atoms with van der Waals surface area (Å²) in [4.78, 5) is 60.0. The lowest BCUT2D eigenvalue weighted by atomic mass is 10.2. The van der Waals surface area contributed by atoms with E-state index in [-0.39, 0.29) is 36.0 Å². The largest absolute Gasteiger partial charge is 0.494 e. The first-order valence-corrected chi connectivity index (χ1v) is 16.1. The van der Waals surface area contributed by atoms with E-state index in [4.69, 9.17) is 33.2 Å². The van der Waals surface area contributed by atoms with Crippen LogP contribution in [-0.2, 0) is 19.1 Å². The van der Waals surface area contributed by atoms with Gasteiger partial charge in [0.2, 0.25) is 0 Å². The Morgan fingerprint density at radius 1 is 0.404 bits per heavy atom. The van der Waals surface area contributed by atoms with Crippen LogP contribution in [0.3, 0.4) is 0 Å². The van der Waals surface area contributed by atoms with E-state index in [1.165, 1.54) is 48.5 Å². The molecular formula is C40H36O12. The van der Waals surface area contributed by atoms with Gasteiger partial charge in [0, 0.05) is 18.6 Å². The summed E-state index contributed by atoms with van der Waals surface area (Å²) in [5.41, 5.74) is 0.829. The van der Waals surface area contributed by atoms with Crippen LogP contribution in [0.5, 0.6) is 28.7 Å². The van der Waals surface area contributed by atoms with E-state index >= 15 is 0 Å². The Bertz CT molecular complexity index is 1830. The van der Waals surface area contributed by atoms with E-state index in [0.717, 1.165) is 12.2 Å². The fraction of sp³-hybridized carbons (Fsp3) is 0.175. The first kappa shape index (κ1) is 38.1. The summed E-state index contributed by atoms with van der Waals surface area (Å²) < 4.78 is 37.3. The highest BCUT2D eigenvalue weighted by Gasteiger charge is 2.14. The van der Waals surface area contributed by atoms with Crippen molar-refractivity contribution < 1.29 is 57.1 Å². The van der Waals surface area contributed by atoms with E-state index in [0.29, 0.717) is 55.1 Å². The molecule has 0 amide bonds. The van der Waals surface area contributed by atoms with Crippen LogP contribution in [-0.4, -0.2) is 56.3 Å². The quantitative estimate of drug-likeness (QED) is 0.0440. The SMILES string of the molecule is C=CC(=O)OCCCCOc1ccc(C(=O)Oc2ccc(OC(=O)c3ccc(OC(=O)c4ccc(OCCCOC(=O)C=C)cc4)cc3)cc2)cc1. The third-order valence-electron chi connectivity index (χ3n) is 6.91. The molecule has 0 aliphatic heterocycles. The molecule has 4 aromatic rings. The molecule has 0 unspecified atom stereocenters. The van der Waals surface area contributed by atoms with Crippen LogP contribution in [0.2, 0.25) is 0 Å². The second-order valence-corrected chi connectivity index (χ2v) is 10.7. The maximum absolute atomic E-state index is 12.7. The van der Waals surface area contributed by atoms with Crippen LogP contribution in [0, 0.1) is 0 Å². The lowest BCUT2D eigenvalue weighted by Gasteiger charge is -2.09. The Labute approximate surface area is 300 Å². The van der Waals surface area contributed by atoms with Gasteiger partial charge in [0.25, 0.3) is 0 Å². The Kier molecular flexibility index (Phi) is 14.7. The van der Waals surface area contributed by atoms with E-state index in [1.54, 1.807) is 48.5 Å². The van der Waals surface area contributed by atoms with Crippen molar-refractivity contribution in [3.8, 4) is 28.7 Å². The number of carbonyl (C=O) groups excluding carboxylic acids is 5. The van der Waals surface area contributed by atoms with E-state index in [2.05, 4.69) is 13.2 Å². The van der Waals surface area contributed by atoms with Gasteiger partial charge in [-0.05, 0) is 110 Å². The lowest BCUT2D eigenvalue weighted by Crippen LogP contribution is -2.11. The first-order valence-electron chi connectivity index (χ1n) is 16.1. The minimum atomic E-state index is -0.643. The van der Waals surface area contributed by atoms with Crippen molar-refractivity contribution in [2.45, 2.75) is 19.3 Å². The number of ether oxygens (including phenoxy) is 7. The molecule has 0 heterocycles. The third kappa shape index (κ3) is 12.6. The number of unbranched alkanes of at least 4 members (excludes halogenated alkanes) is 1. The van der Waals surface area contributed by atoms with Crippen molar-refractivity contribution in [1.82, 2.24) is 0 Å². The standard InChI is InChI=1S/C40H36O12/c1-3-36(41)48-25-6-5-24-46-31-14-8-29(9-15-31)39(44)51-34-20-22-35(23-21-34)52-40(45)30-12-18-33(19-13-30)50-38(43)28-10-16-32(17-11-28)47-26-7-27-49-37(42)4-2/h3-4,8-23H,1-2,5-7,24-27H2. The average molecular weight is 709 g/mol. The molecule has 12 heteroatoms. The molecule has 0 saturated carbocycles. The number of hydrogen-bond acceptors (Lipinski definition) is 12. The Balaban J connectivity index is 1.17. The summed E-state index contributed by atoms with van der Waals surface area (Å²) >= 11 is 0. The molecule has 0 spiro atoms. The number of rotatable bonds is 19. The fourth-order valence-electron chi connectivity index (χ4n) is 4.21. The van der Waals surface area contributed by atoms with Crippen molar-refractivity contribution >= 4 is 29.8 Å². The summed E-state index contributed by atoms with van der Waals surface area (Å²) in [5, 5.41) is 0. The van der Waals surface area contributed by atoms with Crippen molar-refractivity contribution in [2.75, 3.05) is 26.4 Å². The van der Waals surface area contributed by atoms with Crippen LogP contribution >= 0.6 is 0 Å². The van der Waals surface area contributed by atoms with Crippen molar-refractivity contribution in [3.63, 3.8) is 0 Å². The van der Waals surface area contributed by atoms with Crippen molar-refractivity contribution in [2.24, 2.45) is 0 Å². The molecule has 0 radical (unpaired) electrons. The van der Waals surface area contributed by atoms with Crippen LogP contribution in [0.15, 0.2) is 122 Å². The van der Waals surface area contributed by atoms with Crippen LogP contribution in [0.4, 0.5) is 0 Å². The smallest absolute Gasteiger partial charge is 0.343 e. The Morgan fingerprint density at radius 3 is 1.06 bits per heavy atom. The first-order chi connectivity index (χ1) is 25.2. The Morgan fingerprint density at radius 2 is 0.692 bits per heavy atom. The zero-order valence-electron chi connectivity index (χ0n) is 28.2. The van der Waals surface area contributed by atoms with E-state index in [9.17, 15) is 24.0 Å². The van der Waals surface area contributed by atoms with Gasteiger partial charge in [0.1, 0.15) is 28.7 Å². The van der Waals surface area contributed by atoms with Gasteiger partial charge in [-0.3, -0.25) is 0 Å². The summed E-state index contributed by atoms with van der Waals surface area (Å²) in [6.45, 7) is 7.90. The molecule has 268 valence electrons. The molecule has 0 fully saturated rings. The molecule has 4 rings (SSSR count). The van der Waals surface area contributed by atoms with Gasteiger partial charge in [-0.25, -0.2) is 24.0 Å². The zero-order valence-corrected chi connectivity index (χ0v) is 28.2. The third-order valence-corrected chi connectivity index (χ3v) is 6.91. The molecule has 52 heavy (non-hydrogen) atoms. The molecule has 0 N–H and O–H groups in total. The van der Waals surface area contributed by atoms with Gasteiger partial charge in [-0.1, -0.05) is 13.2 Å². The average Bonchev–Trinajstić information content (AvgIpc) is 3.17. The molecule has 4 aromatic carbocycles. The number of carbonyl (C=O) groups is 5.